The van der Waals surface area contributed by atoms with Gasteiger partial charge in [0.1, 0.15) is 4.90 Å². The van der Waals surface area contributed by atoms with Crippen molar-refractivity contribution < 1.29 is 8.42 Å². The molecule has 3 N–H and O–H groups in total. The van der Waals surface area contributed by atoms with E-state index in [0.717, 1.165) is 12.8 Å². The second kappa shape index (κ2) is 5.33. The van der Waals surface area contributed by atoms with Gasteiger partial charge in [-0.25, -0.2) is 8.42 Å². The Bertz CT molecular complexity index is 596. The summed E-state index contributed by atoms with van der Waals surface area (Å²) < 4.78 is 26.7. The standard InChI is InChI=1S/C12H18N4O2S/c1-3-6-16(8-10-4-5-10)19(17,18)12-9(2)14-15-11(12)7-13/h1,10H,4-8,13H2,2H3,(H,14,15). The van der Waals surface area contributed by atoms with E-state index in [1.807, 2.05) is 0 Å². The van der Waals surface area contributed by atoms with Crippen LogP contribution in [0, 0.1) is 25.2 Å². The zero-order valence-corrected chi connectivity index (χ0v) is 11.7. The van der Waals surface area contributed by atoms with Crippen LogP contribution in [0.5, 0.6) is 0 Å². The largest absolute Gasteiger partial charge is 0.325 e. The van der Waals surface area contributed by atoms with Crippen LogP contribution in [-0.2, 0) is 16.6 Å². The number of terminal acetylenes is 1. The lowest BCUT2D eigenvalue weighted by molar-refractivity contribution is 0.429. The number of aromatic nitrogens is 2. The molecular weight excluding hydrogens is 264 g/mol. The van der Waals surface area contributed by atoms with Gasteiger partial charge in [0.15, 0.2) is 0 Å². The van der Waals surface area contributed by atoms with Crippen molar-refractivity contribution in [2.45, 2.75) is 31.2 Å². The molecule has 1 saturated carbocycles. The molecule has 0 aliphatic heterocycles. The van der Waals surface area contributed by atoms with Crippen LogP contribution in [0.1, 0.15) is 24.2 Å². The number of sulfonamides is 1. The van der Waals surface area contributed by atoms with Gasteiger partial charge in [-0.05, 0) is 25.7 Å². The number of H-pyrrole nitrogens is 1. The first-order chi connectivity index (χ1) is 9.00. The summed E-state index contributed by atoms with van der Waals surface area (Å²) >= 11 is 0. The van der Waals surface area contributed by atoms with E-state index in [4.69, 9.17) is 12.2 Å². The van der Waals surface area contributed by atoms with Crippen LogP contribution >= 0.6 is 0 Å². The molecule has 0 amide bonds. The topological polar surface area (TPSA) is 92.1 Å². The number of aryl methyl sites for hydroxylation is 1. The van der Waals surface area contributed by atoms with Crippen LogP contribution in [0.3, 0.4) is 0 Å². The molecule has 1 heterocycles. The van der Waals surface area contributed by atoms with E-state index < -0.39 is 10.0 Å². The van der Waals surface area contributed by atoms with Gasteiger partial charge >= 0.3 is 0 Å². The van der Waals surface area contributed by atoms with E-state index in [-0.39, 0.29) is 18.0 Å². The van der Waals surface area contributed by atoms with Crippen LogP contribution in [0.2, 0.25) is 0 Å². The molecule has 1 aliphatic rings. The van der Waals surface area contributed by atoms with Crippen molar-refractivity contribution in [2.24, 2.45) is 11.7 Å². The van der Waals surface area contributed by atoms with Gasteiger partial charge in [-0.1, -0.05) is 5.92 Å². The van der Waals surface area contributed by atoms with Crippen LogP contribution in [-0.4, -0.2) is 36.0 Å². The molecular formula is C12H18N4O2S. The van der Waals surface area contributed by atoms with Gasteiger partial charge in [0, 0.05) is 13.1 Å². The number of rotatable bonds is 6. The highest BCUT2D eigenvalue weighted by atomic mass is 32.2. The summed E-state index contributed by atoms with van der Waals surface area (Å²) in [5.74, 6) is 2.84. The minimum Gasteiger partial charge on any atom is -0.325 e. The van der Waals surface area contributed by atoms with Crippen molar-refractivity contribution in [3.05, 3.63) is 11.4 Å². The van der Waals surface area contributed by atoms with E-state index >= 15 is 0 Å². The molecule has 7 heteroatoms. The van der Waals surface area contributed by atoms with Gasteiger partial charge in [-0.15, -0.1) is 6.42 Å². The lowest BCUT2D eigenvalue weighted by atomic mass is 10.4. The molecule has 19 heavy (non-hydrogen) atoms. The molecule has 1 aliphatic carbocycles. The Labute approximate surface area is 113 Å². The van der Waals surface area contributed by atoms with Crippen LogP contribution in [0.25, 0.3) is 0 Å². The molecule has 0 unspecified atom stereocenters. The highest BCUT2D eigenvalue weighted by Crippen LogP contribution is 2.32. The lowest BCUT2D eigenvalue weighted by Gasteiger charge is -2.20. The van der Waals surface area contributed by atoms with Crippen molar-refractivity contribution in [3.8, 4) is 12.3 Å². The van der Waals surface area contributed by atoms with Gasteiger partial charge in [0.05, 0.1) is 17.9 Å². The Morgan fingerprint density at radius 1 is 1.58 bits per heavy atom. The van der Waals surface area contributed by atoms with E-state index in [0.29, 0.717) is 23.9 Å². The van der Waals surface area contributed by atoms with Crippen LogP contribution < -0.4 is 5.73 Å². The molecule has 0 saturated heterocycles. The fraction of sp³-hybridized carbons (Fsp3) is 0.583. The first-order valence-corrected chi connectivity index (χ1v) is 7.62. The highest BCUT2D eigenvalue weighted by Gasteiger charge is 2.34. The third kappa shape index (κ3) is 2.81. The molecule has 104 valence electrons. The van der Waals surface area contributed by atoms with Crippen molar-refractivity contribution in [2.75, 3.05) is 13.1 Å². The molecule has 0 bridgehead atoms. The summed E-state index contributed by atoms with van der Waals surface area (Å²) in [6, 6.07) is 0. The third-order valence-electron chi connectivity index (χ3n) is 3.18. The summed E-state index contributed by atoms with van der Waals surface area (Å²) in [4.78, 5) is 0.172. The maximum absolute atomic E-state index is 12.7. The number of hydrogen-bond acceptors (Lipinski definition) is 4. The molecule has 0 spiro atoms. The van der Waals surface area contributed by atoms with E-state index in [9.17, 15) is 8.42 Å². The molecule has 1 aromatic heterocycles. The van der Waals surface area contributed by atoms with Gasteiger partial charge < -0.3 is 5.73 Å². The normalized spacial score (nSPS) is 15.7. The predicted molar refractivity (Wildman–Crippen MR) is 71.5 cm³/mol. The quantitative estimate of drug-likeness (QED) is 0.730. The zero-order chi connectivity index (χ0) is 14.0. The summed E-state index contributed by atoms with van der Waals surface area (Å²) in [5.41, 5.74) is 6.40. The second-order valence-corrected chi connectivity index (χ2v) is 6.65. The number of hydrogen-bond donors (Lipinski definition) is 2. The summed E-state index contributed by atoms with van der Waals surface area (Å²) in [7, 11) is -3.63. The fourth-order valence-electron chi connectivity index (χ4n) is 2.02. The summed E-state index contributed by atoms with van der Waals surface area (Å²) in [6.45, 7) is 2.30. The molecule has 0 radical (unpaired) electrons. The minimum absolute atomic E-state index is 0.0756. The molecule has 0 aromatic carbocycles. The summed E-state index contributed by atoms with van der Waals surface area (Å²) in [6.07, 6.45) is 7.40. The van der Waals surface area contributed by atoms with Gasteiger partial charge in [0.25, 0.3) is 0 Å². The minimum atomic E-state index is -3.63. The van der Waals surface area contributed by atoms with Crippen LogP contribution in [0.15, 0.2) is 4.90 Å². The van der Waals surface area contributed by atoms with Gasteiger partial charge in [-0.3, -0.25) is 5.10 Å². The number of aromatic amines is 1. The number of nitrogens with zero attached hydrogens (tertiary/aromatic N) is 2. The smallest absolute Gasteiger partial charge is 0.247 e. The van der Waals surface area contributed by atoms with Crippen molar-refractivity contribution >= 4 is 10.0 Å². The molecule has 0 atom stereocenters. The monoisotopic (exact) mass is 282 g/mol. The zero-order valence-electron chi connectivity index (χ0n) is 10.9. The maximum atomic E-state index is 12.7. The third-order valence-corrected chi connectivity index (χ3v) is 5.19. The van der Waals surface area contributed by atoms with Crippen LogP contribution in [0.4, 0.5) is 0 Å². The first kappa shape index (κ1) is 14.1. The van der Waals surface area contributed by atoms with Gasteiger partial charge in [-0.2, -0.15) is 9.40 Å². The Morgan fingerprint density at radius 2 is 2.26 bits per heavy atom. The van der Waals surface area contributed by atoms with E-state index in [1.165, 1.54) is 4.31 Å². The first-order valence-electron chi connectivity index (χ1n) is 6.18. The SMILES string of the molecule is C#CCN(CC1CC1)S(=O)(=O)c1c(CN)n[nH]c1C. The second-order valence-electron chi connectivity index (χ2n) is 4.77. The van der Waals surface area contributed by atoms with Gasteiger partial charge in [0.2, 0.25) is 10.0 Å². The average Bonchev–Trinajstić information content (AvgIpc) is 3.09. The lowest BCUT2D eigenvalue weighted by Crippen LogP contribution is -2.34. The molecule has 1 aromatic rings. The van der Waals surface area contributed by atoms with Crippen molar-refractivity contribution in [3.63, 3.8) is 0 Å². The van der Waals surface area contributed by atoms with Crippen molar-refractivity contribution in [1.82, 2.24) is 14.5 Å². The Balaban J connectivity index is 2.37. The Kier molecular flexibility index (Phi) is 3.94. The Hall–Kier alpha value is -1.36. The average molecular weight is 282 g/mol. The molecule has 2 rings (SSSR count). The predicted octanol–water partition coefficient (Wildman–Crippen LogP) is 0.211. The molecule has 6 nitrogen and oxygen atoms in total. The molecule has 1 fully saturated rings. The number of nitrogens with two attached hydrogens (primary N) is 1. The summed E-state index contributed by atoms with van der Waals surface area (Å²) in [5, 5.41) is 6.60. The highest BCUT2D eigenvalue weighted by molar-refractivity contribution is 7.89. The van der Waals surface area contributed by atoms with E-state index in [1.54, 1.807) is 6.92 Å². The van der Waals surface area contributed by atoms with E-state index in [2.05, 4.69) is 16.1 Å². The maximum Gasteiger partial charge on any atom is 0.247 e. The van der Waals surface area contributed by atoms with Crippen molar-refractivity contribution in [1.29, 1.82) is 0 Å². The number of nitrogens with one attached hydrogen (secondary N) is 1. The Morgan fingerprint density at radius 3 is 2.79 bits per heavy atom. The fourth-order valence-corrected chi connectivity index (χ4v) is 3.79.